The first kappa shape index (κ1) is 72.7. The second kappa shape index (κ2) is 37.0. The minimum Gasteiger partial charge on any atom is -0.309 e. The van der Waals surface area contributed by atoms with Crippen LogP contribution in [-0.2, 0) is 0 Å². The van der Waals surface area contributed by atoms with E-state index in [4.69, 9.17) is 65.4 Å². The standard InChI is InChI=1S/3C45H29N5/c1-4-16-30(17-5-1)33-22-10-13-25-38(33)49-39-26-14-11-23-34(39)36-28-37-35-24-12-15-27-40(35)50(42(37)29-41(36)49)45-47-43(31-18-6-2-7-19-31)46-44(48-45)32-20-8-3-9-21-32;1-4-15-30(16-5-1)33-21-14-22-34(27-33)49-39-25-12-10-23-35(39)37-28-38-36-24-11-13-26-40(36)50(42(38)29-41(37)49)45-47-43(31-17-6-2-7-18-31)46-44(48-45)32-19-8-3-9-20-32;1-4-14-30(15-5-1)31-24-26-34(27-25-31)49-39-22-12-10-20-35(39)37-28-38-36-21-11-13-23-40(36)50(42(38)29-41(37)49)45-47-43(32-16-6-2-7-17-32)46-44(48-45)33-18-8-3-9-19-33/h3*1-29H/i1D,4D,5D,16D,17D;1D,4D,5D,15D,16D;1D,4D,5D,14D,15D. The molecule has 15 heteroatoms. The maximum Gasteiger partial charge on any atom is 0.238 e. The van der Waals surface area contributed by atoms with Gasteiger partial charge in [0, 0.05) is 115 Å². The van der Waals surface area contributed by atoms with Gasteiger partial charge in [0.1, 0.15) is 0 Å². The predicted octanol–water partition coefficient (Wildman–Crippen LogP) is 33.2. The van der Waals surface area contributed by atoms with Gasteiger partial charge in [0.2, 0.25) is 17.8 Å². The summed E-state index contributed by atoms with van der Waals surface area (Å²) in [6, 6.07) is 140. The van der Waals surface area contributed by atoms with Crippen LogP contribution in [0.4, 0.5) is 0 Å². The first-order valence-corrected chi connectivity index (χ1v) is 49.2. The van der Waals surface area contributed by atoms with E-state index < -0.39 is 18.1 Å². The average molecular weight is 1930 g/mol. The first-order chi connectivity index (χ1) is 80.6. The lowest BCUT2D eigenvalue weighted by atomic mass is 10.0. The van der Waals surface area contributed by atoms with Gasteiger partial charge < -0.3 is 13.7 Å². The summed E-state index contributed by atoms with van der Waals surface area (Å²) in [5.41, 5.74) is 20.9. The van der Waals surface area contributed by atoms with Gasteiger partial charge in [-0.2, -0.15) is 29.9 Å². The number of fused-ring (bicyclic) bond motifs is 18. The van der Waals surface area contributed by atoms with E-state index in [-0.39, 0.29) is 89.2 Å². The highest BCUT2D eigenvalue weighted by atomic mass is 15.2. The molecule has 9 heterocycles. The molecule has 0 atom stereocenters. The number of aromatic nitrogens is 15. The highest BCUT2D eigenvalue weighted by Crippen LogP contribution is 2.47. The van der Waals surface area contributed by atoms with E-state index in [1.165, 1.54) is 0 Å². The molecule has 0 aliphatic rings. The van der Waals surface area contributed by atoms with Crippen molar-refractivity contribution in [1.82, 2.24) is 72.3 Å². The Morgan fingerprint density at radius 1 is 0.140 bits per heavy atom. The van der Waals surface area contributed by atoms with Crippen molar-refractivity contribution < 1.29 is 20.6 Å². The fraction of sp³-hybridized carbons (Fsp3) is 0. The third-order valence-corrected chi connectivity index (χ3v) is 27.8. The zero-order valence-corrected chi connectivity index (χ0v) is 79.8. The van der Waals surface area contributed by atoms with Crippen LogP contribution >= 0.6 is 0 Å². The normalized spacial score (nSPS) is 13.0. The lowest BCUT2D eigenvalue weighted by Crippen LogP contribution is -2.06. The Balaban J connectivity index is 0.000000116. The van der Waals surface area contributed by atoms with E-state index >= 15 is 0 Å². The third-order valence-electron chi connectivity index (χ3n) is 27.8. The fourth-order valence-electron chi connectivity index (χ4n) is 21.1. The van der Waals surface area contributed by atoms with Crippen LogP contribution in [0.5, 0.6) is 0 Å². The van der Waals surface area contributed by atoms with Crippen LogP contribution in [0.2, 0.25) is 0 Å². The molecule has 702 valence electrons. The van der Waals surface area contributed by atoms with Crippen molar-refractivity contribution in [3.8, 4) is 137 Å². The minimum absolute atomic E-state index is 0.148. The van der Waals surface area contributed by atoms with Crippen molar-refractivity contribution in [2.24, 2.45) is 0 Å². The molecule has 0 saturated heterocycles. The summed E-state index contributed by atoms with van der Waals surface area (Å²) in [6.45, 7) is 0. The number of hydrogen-bond donors (Lipinski definition) is 0. The summed E-state index contributed by atoms with van der Waals surface area (Å²) in [7, 11) is 0. The van der Waals surface area contributed by atoms with E-state index in [2.05, 4.69) is 143 Å². The van der Waals surface area contributed by atoms with Crippen LogP contribution < -0.4 is 0 Å². The molecule has 0 aliphatic heterocycles. The van der Waals surface area contributed by atoms with Crippen molar-refractivity contribution in [3.63, 3.8) is 0 Å². The maximum atomic E-state index is 8.87. The lowest BCUT2D eigenvalue weighted by molar-refractivity contribution is 0.953. The van der Waals surface area contributed by atoms with Crippen LogP contribution in [-0.4, -0.2) is 72.3 Å². The molecule has 30 aromatic rings. The fourth-order valence-corrected chi connectivity index (χ4v) is 21.1. The maximum absolute atomic E-state index is 8.87. The molecule has 0 amide bonds. The van der Waals surface area contributed by atoms with Crippen molar-refractivity contribution in [2.75, 3.05) is 0 Å². The van der Waals surface area contributed by atoms with Gasteiger partial charge in [-0.05, 0) is 131 Å². The number of benzene rings is 21. The molecular formula is C135H87N15. The predicted molar refractivity (Wildman–Crippen MR) is 614 cm³/mol. The van der Waals surface area contributed by atoms with Gasteiger partial charge >= 0.3 is 0 Å². The van der Waals surface area contributed by atoms with E-state index in [9.17, 15) is 0 Å². The first-order valence-electron chi connectivity index (χ1n) is 56.7. The van der Waals surface area contributed by atoms with E-state index in [0.29, 0.717) is 75.2 Å². The monoisotopic (exact) mass is 1930 g/mol. The summed E-state index contributed by atoms with van der Waals surface area (Å²) in [5.74, 6) is 4.85. The smallest absolute Gasteiger partial charge is 0.238 e. The molecule has 150 heavy (non-hydrogen) atoms. The number of nitrogens with zero attached hydrogens (tertiary/aromatic N) is 15. The van der Waals surface area contributed by atoms with Crippen molar-refractivity contribution in [2.45, 2.75) is 0 Å². The van der Waals surface area contributed by atoms with Gasteiger partial charge in [-0.1, -0.05) is 424 Å². The quantitative estimate of drug-likeness (QED) is 0.0979. The second-order valence-corrected chi connectivity index (χ2v) is 36.4. The molecule has 9 aromatic heterocycles. The van der Waals surface area contributed by atoms with Crippen LogP contribution in [0.1, 0.15) is 20.6 Å². The Morgan fingerprint density at radius 3 is 0.713 bits per heavy atom. The van der Waals surface area contributed by atoms with Crippen molar-refractivity contribution in [3.05, 3.63) is 527 Å². The average Bonchev–Trinajstić information content (AvgIpc) is 1.56. The molecule has 21 aromatic carbocycles. The van der Waals surface area contributed by atoms with Gasteiger partial charge in [0.05, 0.1) is 92.4 Å². The summed E-state index contributed by atoms with van der Waals surface area (Å²) >= 11 is 0. The van der Waals surface area contributed by atoms with Crippen LogP contribution in [0.15, 0.2) is 527 Å². The molecular weight excluding hydrogens is 1830 g/mol. The van der Waals surface area contributed by atoms with E-state index in [0.717, 1.165) is 176 Å². The van der Waals surface area contributed by atoms with Gasteiger partial charge in [-0.25, -0.2) is 15.0 Å². The highest BCUT2D eigenvalue weighted by molar-refractivity contribution is 6.23. The SMILES string of the molecule is [2H]c1c([2H])c([2H])c(-c2ccc(-n3c4ccccc4c4cc5c6ccccc6n(-c6nc(-c7ccccc7)nc(-c7ccccc7)n6)c5cc43)cc2)c([2H])c1[2H].[2H]c1c([2H])c([2H])c(-c2cccc(-n3c4ccccc4c4cc5c6ccccc6n(-c6nc(-c7ccccc7)nc(-c7ccccc7)n6)c5cc43)c2)c([2H])c1[2H].[2H]c1c([2H])c([2H])c(-c2ccccc2-n2c3ccccc3c3cc4c5ccccc5n(-c5nc(-c6ccccc6)nc(-c6ccccc6)n5)c4cc32)c([2H])c1[2H]. The molecule has 0 fully saturated rings. The van der Waals surface area contributed by atoms with Crippen molar-refractivity contribution >= 4 is 131 Å². The zero-order chi connectivity index (χ0) is 112. The topological polar surface area (TPSA) is 146 Å². The number of hydrogen-bond acceptors (Lipinski definition) is 9. The minimum atomic E-state index is -0.424. The Morgan fingerprint density at radius 2 is 0.387 bits per heavy atom. The summed E-state index contributed by atoms with van der Waals surface area (Å²) < 4.78 is 139. The Hall–Kier alpha value is -20.6. The molecule has 0 unspecified atom stereocenters. The van der Waals surface area contributed by atoms with Crippen LogP contribution in [0.25, 0.3) is 267 Å². The Labute approximate surface area is 882 Å². The summed E-state index contributed by atoms with van der Waals surface area (Å²) in [6.07, 6.45) is 0. The third kappa shape index (κ3) is 15.3. The van der Waals surface area contributed by atoms with E-state index in [1.807, 2.05) is 315 Å². The molecule has 0 radical (unpaired) electrons. The summed E-state index contributed by atoms with van der Waals surface area (Å²) in [5, 5.41) is 12.6. The lowest BCUT2D eigenvalue weighted by Gasteiger charge is -2.14. The van der Waals surface area contributed by atoms with Gasteiger partial charge in [-0.3, -0.25) is 13.7 Å². The van der Waals surface area contributed by atoms with Crippen molar-refractivity contribution in [1.29, 1.82) is 0 Å². The molecule has 0 N–H and O–H groups in total. The molecule has 0 spiro atoms. The molecule has 0 saturated carbocycles. The number of para-hydroxylation sites is 7. The second-order valence-electron chi connectivity index (χ2n) is 36.4. The largest absolute Gasteiger partial charge is 0.309 e. The van der Waals surface area contributed by atoms with Crippen LogP contribution in [0.3, 0.4) is 0 Å². The Kier molecular flexibility index (Phi) is 17.9. The van der Waals surface area contributed by atoms with Crippen LogP contribution in [0, 0.1) is 0 Å². The highest BCUT2D eigenvalue weighted by Gasteiger charge is 2.28. The molecule has 15 nitrogen and oxygen atoms in total. The summed E-state index contributed by atoms with van der Waals surface area (Å²) in [4.78, 5) is 45.5. The van der Waals surface area contributed by atoms with E-state index in [1.54, 1.807) is 6.07 Å². The van der Waals surface area contributed by atoms with Gasteiger partial charge in [-0.15, -0.1) is 0 Å². The zero-order valence-electron chi connectivity index (χ0n) is 94.8. The van der Waals surface area contributed by atoms with Gasteiger partial charge in [0.15, 0.2) is 34.9 Å². The van der Waals surface area contributed by atoms with Gasteiger partial charge in [0.25, 0.3) is 0 Å². The number of rotatable bonds is 15. The Bertz CT molecular complexity index is 11200. The molecule has 30 rings (SSSR count). The molecule has 0 bridgehead atoms. The molecule has 0 aliphatic carbocycles.